The van der Waals surface area contributed by atoms with Gasteiger partial charge in [-0.3, -0.25) is 9.36 Å². The molecule has 34 heavy (non-hydrogen) atoms. The number of nitrogens with two attached hydrogens (primary N) is 1. The van der Waals surface area contributed by atoms with Gasteiger partial charge in [0.1, 0.15) is 18.5 Å². The van der Waals surface area contributed by atoms with Crippen molar-refractivity contribution in [2.75, 3.05) is 5.73 Å². The van der Waals surface area contributed by atoms with Crippen molar-refractivity contribution < 1.29 is 17.9 Å². The Balaban J connectivity index is 1.81. The Morgan fingerprint density at radius 2 is 2.03 bits per heavy atom. The molecule has 0 fully saturated rings. The van der Waals surface area contributed by atoms with Crippen LogP contribution in [0, 0.1) is 12.7 Å². The van der Waals surface area contributed by atoms with Crippen molar-refractivity contribution in [2.45, 2.75) is 39.3 Å². The fourth-order valence-corrected chi connectivity index (χ4v) is 4.52. The van der Waals surface area contributed by atoms with E-state index in [-0.39, 0.29) is 11.6 Å². The average Bonchev–Trinajstić information content (AvgIpc) is 3.27. The molecule has 0 radical (unpaired) electrons. The Bertz CT molecular complexity index is 1390. The van der Waals surface area contributed by atoms with Crippen molar-refractivity contribution in [3.05, 3.63) is 64.9 Å². The van der Waals surface area contributed by atoms with Gasteiger partial charge in [-0.2, -0.15) is 10.2 Å². The van der Waals surface area contributed by atoms with Gasteiger partial charge in [0.25, 0.3) is 6.43 Å². The summed E-state index contributed by atoms with van der Waals surface area (Å²) >= 11 is 0. The van der Waals surface area contributed by atoms with E-state index in [1.807, 2.05) is 6.20 Å². The normalized spacial score (nSPS) is 15.1. The molecule has 0 aliphatic carbocycles. The molecule has 5 rings (SSSR count). The molecular formula is C24H23F3N6O. The first-order valence-corrected chi connectivity index (χ1v) is 10.8. The Morgan fingerprint density at radius 1 is 1.24 bits per heavy atom. The van der Waals surface area contributed by atoms with Crippen molar-refractivity contribution >= 4 is 5.82 Å². The Hall–Kier alpha value is -3.82. The summed E-state index contributed by atoms with van der Waals surface area (Å²) in [6.07, 6.45) is 0.613. The molecule has 3 aromatic heterocycles. The summed E-state index contributed by atoms with van der Waals surface area (Å²) in [6, 6.07) is 6.15. The van der Waals surface area contributed by atoms with Crippen LogP contribution in [0.5, 0.6) is 5.75 Å². The minimum Gasteiger partial charge on any atom is -0.482 e. The van der Waals surface area contributed by atoms with Gasteiger partial charge in [-0.1, -0.05) is 0 Å². The van der Waals surface area contributed by atoms with Gasteiger partial charge in [0.2, 0.25) is 0 Å². The lowest BCUT2D eigenvalue weighted by atomic mass is 9.94. The number of halogens is 3. The highest BCUT2D eigenvalue weighted by Crippen LogP contribution is 2.39. The van der Waals surface area contributed by atoms with E-state index in [0.29, 0.717) is 40.2 Å². The lowest BCUT2D eigenvalue weighted by molar-refractivity contribution is 0.122. The van der Waals surface area contributed by atoms with Crippen molar-refractivity contribution in [1.82, 2.24) is 24.5 Å². The second-order valence-electron chi connectivity index (χ2n) is 8.44. The fraction of sp³-hybridized carbons (Fsp3) is 0.292. The summed E-state index contributed by atoms with van der Waals surface area (Å²) in [6.45, 7) is 3.01. The highest BCUT2D eigenvalue weighted by Gasteiger charge is 2.26. The first-order valence-electron chi connectivity index (χ1n) is 10.8. The second-order valence-corrected chi connectivity index (χ2v) is 8.44. The van der Waals surface area contributed by atoms with Crippen molar-refractivity contribution in [1.29, 1.82) is 0 Å². The van der Waals surface area contributed by atoms with Gasteiger partial charge in [0, 0.05) is 53.7 Å². The zero-order valence-electron chi connectivity index (χ0n) is 18.9. The van der Waals surface area contributed by atoms with E-state index in [4.69, 9.17) is 10.5 Å². The summed E-state index contributed by atoms with van der Waals surface area (Å²) in [7, 11) is 1.80. The van der Waals surface area contributed by atoms with E-state index < -0.39 is 24.9 Å². The Kier molecular flexibility index (Phi) is 5.30. The van der Waals surface area contributed by atoms with Crippen LogP contribution in [0.4, 0.5) is 19.0 Å². The maximum Gasteiger partial charge on any atom is 0.257 e. The highest BCUT2D eigenvalue weighted by molar-refractivity contribution is 5.72. The van der Waals surface area contributed by atoms with Gasteiger partial charge < -0.3 is 10.5 Å². The van der Waals surface area contributed by atoms with Gasteiger partial charge in [0.05, 0.1) is 17.1 Å². The molecule has 10 heteroatoms. The van der Waals surface area contributed by atoms with Crippen LogP contribution in [0.2, 0.25) is 0 Å². The van der Waals surface area contributed by atoms with E-state index in [2.05, 4.69) is 15.2 Å². The Morgan fingerprint density at radius 3 is 2.79 bits per heavy atom. The number of aryl methyl sites for hydroxylation is 2. The number of alkyl halides is 2. The smallest absolute Gasteiger partial charge is 0.257 e. The van der Waals surface area contributed by atoms with E-state index in [0.717, 1.165) is 11.1 Å². The number of aromatic nitrogens is 5. The minimum absolute atomic E-state index is 0.141. The number of pyridine rings is 1. The number of hydrogen-bond donors (Lipinski definition) is 1. The van der Waals surface area contributed by atoms with Crippen LogP contribution in [-0.4, -0.2) is 31.0 Å². The molecule has 0 saturated carbocycles. The lowest BCUT2D eigenvalue weighted by Gasteiger charge is -2.21. The molecule has 4 aromatic rings. The summed E-state index contributed by atoms with van der Waals surface area (Å²) in [5.74, 6) is 0.0165. The third-order valence-corrected chi connectivity index (χ3v) is 6.00. The molecule has 0 spiro atoms. The summed E-state index contributed by atoms with van der Waals surface area (Å²) in [4.78, 5) is 4.25. The number of rotatable bonds is 2. The van der Waals surface area contributed by atoms with Gasteiger partial charge >= 0.3 is 0 Å². The van der Waals surface area contributed by atoms with Gasteiger partial charge in [0.15, 0.2) is 11.6 Å². The molecule has 1 aromatic carbocycles. The number of nitrogens with zero attached hydrogens (tertiary/aromatic N) is 5. The SMILES string of the molecule is Cc1nn(CC(F)F)c2c1Cc1cn(C)nc1-c1ccc(F)cc1C(C)Oc1cc-2cnc1N. The number of ether oxygens (including phenoxy) is 1. The van der Waals surface area contributed by atoms with Crippen LogP contribution < -0.4 is 10.5 Å². The maximum absolute atomic E-state index is 14.3. The zero-order valence-corrected chi connectivity index (χ0v) is 18.9. The van der Waals surface area contributed by atoms with Gasteiger partial charge in [-0.25, -0.2) is 18.2 Å². The molecular weight excluding hydrogens is 445 g/mol. The standard InChI is InChI=1S/C24H23F3N6O/c1-12-18-6-15-10-32(3)31-22(15)17-5-4-16(25)8-19(17)13(2)34-20-7-14(9-29-24(20)28)23(18)33(30-12)11-21(26)27/h4-5,7-10,13,21H,6,11H2,1-3H3,(H2,28,29). The maximum atomic E-state index is 14.3. The van der Waals surface area contributed by atoms with Crippen molar-refractivity contribution in [2.24, 2.45) is 7.05 Å². The average molecular weight is 468 g/mol. The number of nitrogen functional groups attached to an aromatic ring is 1. The molecule has 2 bridgehead atoms. The predicted octanol–water partition coefficient (Wildman–Crippen LogP) is 4.68. The van der Waals surface area contributed by atoms with Crippen molar-refractivity contribution in [3.63, 3.8) is 0 Å². The third-order valence-electron chi connectivity index (χ3n) is 6.00. The van der Waals surface area contributed by atoms with E-state index in [1.54, 1.807) is 37.7 Å². The first-order chi connectivity index (χ1) is 16.2. The van der Waals surface area contributed by atoms with E-state index >= 15 is 0 Å². The molecule has 1 aliphatic heterocycles. The number of hydrogen-bond acceptors (Lipinski definition) is 5. The van der Waals surface area contributed by atoms with Crippen molar-refractivity contribution in [3.8, 4) is 28.3 Å². The highest BCUT2D eigenvalue weighted by atomic mass is 19.3. The summed E-state index contributed by atoms with van der Waals surface area (Å²) in [5, 5.41) is 9.05. The summed E-state index contributed by atoms with van der Waals surface area (Å²) in [5.41, 5.74) is 11.4. The molecule has 4 heterocycles. The number of fused-ring (bicyclic) bond motifs is 7. The number of benzene rings is 1. The Labute approximate surface area is 194 Å². The van der Waals surface area contributed by atoms with Gasteiger partial charge in [-0.05, 0) is 38.1 Å². The largest absolute Gasteiger partial charge is 0.482 e. The van der Waals surface area contributed by atoms with Crippen LogP contribution in [-0.2, 0) is 20.0 Å². The molecule has 1 atom stereocenters. The monoisotopic (exact) mass is 468 g/mol. The predicted molar refractivity (Wildman–Crippen MR) is 121 cm³/mol. The molecule has 0 amide bonds. The molecule has 2 N–H and O–H groups in total. The van der Waals surface area contributed by atoms with Crippen LogP contribution in [0.3, 0.4) is 0 Å². The zero-order chi connectivity index (χ0) is 24.1. The van der Waals surface area contributed by atoms with Crippen LogP contribution in [0.15, 0.2) is 36.7 Å². The topological polar surface area (TPSA) is 83.8 Å². The molecule has 176 valence electrons. The third kappa shape index (κ3) is 3.78. The van der Waals surface area contributed by atoms with E-state index in [1.165, 1.54) is 23.0 Å². The molecule has 1 unspecified atom stereocenters. The molecule has 1 aliphatic rings. The van der Waals surface area contributed by atoms with Gasteiger partial charge in [-0.15, -0.1) is 0 Å². The summed E-state index contributed by atoms with van der Waals surface area (Å²) < 4.78 is 50.2. The fourth-order valence-electron chi connectivity index (χ4n) is 4.52. The van der Waals surface area contributed by atoms with E-state index in [9.17, 15) is 13.2 Å². The molecule has 7 nitrogen and oxygen atoms in total. The lowest BCUT2D eigenvalue weighted by Crippen LogP contribution is -2.12. The first kappa shape index (κ1) is 22.0. The second kappa shape index (κ2) is 8.19. The number of anilines is 1. The van der Waals surface area contributed by atoms with Crippen LogP contribution in [0.25, 0.3) is 22.5 Å². The quantitative estimate of drug-likeness (QED) is 0.462. The van der Waals surface area contributed by atoms with Crippen LogP contribution >= 0.6 is 0 Å². The van der Waals surface area contributed by atoms with Crippen LogP contribution in [0.1, 0.15) is 35.4 Å². The minimum atomic E-state index is -2.59. The molecule has 0 saturated heterocycles.